The molecule has 0 saturated heterocycles. The van der Waals surface area contributed by atoms with Crippen LogP contribution >= 0.6 is 11.6 Å². The highest BCUT2D eigenvalue weighted by atomic mass is 35.5. The van der Waals surface area contributed by atoms with Gasteiger partial charge in [-0.25, -0.2) is 9.18 Å². The van der Waals surface area contributed by atoms with Crippen molar-refractivity contribution >= 4 is 23.4 Å². The molecular weight excluding hydrogens is 263 g/mol. The number of ketones is 1. The molecule has 0 aromatic heterocycles. The first-order valence-electron chi connectivity index (χ1n) is 4.86. The third kappa shape index (κ3) is 2.87. The van der Waals surface area contributed by atoms with Crippen molar-refractivity contribution in [2.24, 2.45) is 0 Å². The zero-order valence-corrected chi connectivity index (χ0v) is 10.4. The molecule has 0 bridgehead atoms. The lowest BCUT2D eigenvalue weighted by atomic mass is 10.1. The molecule has 4 nitrogen and oxygen atoms in total. The van der Waals surface area contributed by atoms with Crippen molar-refractivity contribution in [3.63, 3.8) is 0 Å². The fourth-order valence-corrected chi connectivity index (χ4v) is 1.48. The molecule has 0 aliphatic heterocycles. The molecule has 0 aliphatic rings. The van der Waals surface area contributed by atoms with Gasteiger partial charge in [0.2, 0.25) is 5.76 Å². The number of hydrogen-bond donors (Lipinski definition) is 1. The molecular formula is C12H10ClFO4. The third-order valence-electron chi connectivity index (χ3n) is 2.19. The number of aliphatic hydroxyl groups is 1. The number of esters is 1. The van der Waals surface area contributed by atoms with Gasteiger partial charge in [0.25, 0.3) is 0 Å². The minimum atomic E-state index is -1.09. The molecule has 1 aromatic rings. The number of carbonyl (C=O) groups is 2. The monoisotopic (exact) mass is 272 g/mol. The predicted molar refractivity (Wildman–Crippen MR) is 63.2 cm³/mol. The Morgan fingerprint density at radius 1 is 1.44 bits per heavy atom. The molecule has 0 amide bonds. The van der Waals surface area contributed by atoms with Crippen molar-refractivity contribution in [2.75, 3.05) is 7.11 Å². The van der Waals surface area contributed by atoms with E-state index in [1.54, 1.807) is 0 Å². The molecule has 0 radical (unpaired) electrons. The van der Waals surface area contributed by atoms with Crippen LogP contribution in [0.4, 0.5) is 4.39 Å². The Kier molecular flexibility index (Phi) is 4.44. The summed E-state index contributed by atoms with van der Waals surface area (Å²) in [6.07, 6.45) is 0.565. The number of aliphatic hydroxyl groups excluding tert-OH is 1. The van der Waals surface area contributed by atoms with Crippen LogP contribution in [0.15, 0.2) is 24.0 Å². The van der Waals surface area contributed by atoms with Gasteiger partial charge >= 0.3 is 5.97 Å². The lowest BCUT2D eigenvalue weighted by Gasteiger charge is -2.05. The highest BCUT2D eigenvalue weighted by Crippen LogP contribution is 2.23. The van der Waals surface area contributed by atoms with E-state index < -0.39 is 28.9 Å². The number of methoxy groups -OCH3 is 1. The van der Waals surface area contributed by atoms with Crippen LogP contribution in [0.3, 0.4) is 0 Å². The maximum atomic E-state index is 13.7. The summed E-state index contributed by atoms with van der Waals surface area (Å²) in [4.78, 5) is 22.6. The van der Waals surface area contributed by atoms with Crippen LogP contribution in [0.25, 0.3) is 0 Å². The largest absolute Gasteiger partial charge is 0.502 e. The van der Waals surface area contributed by atoms with Gasteiger partial charge in [0.05, 0.1) is 17.7 Å². The summed E-state index contributed by atoms with van der Waals surface area (Å²) in [5, 5.41) is 9.10. The van der Waals surface area contributed by atoms with Gasteiger partial charge in [-0.15, -0.1) is 0 Å². The highest BCUT2D eigenvalue weighted by Gasteiger charge is 2.18. The maximum Gasteiger partial charge on any atom is 0.373 e. The Morgan fingerprint density at radius 3 is 2.61 bits per heavy atom. The number of benzene rings is 1. The molecule has 6 heteroatoms. The Hall–Kier alpha value is -1.88. The number of allylic oxidation sites excluding steroid dienone is 1. The first kappa shape index (κ1) is 14.2. The molecule has 18 heavy (non-hydrogen) atoms. The summed E-state index contributed by atoms with van der Waals surface area (Å²) < 4.78 is 17.9. The van der Waals surface area contributed by atoms with Crippen LogP contribution in [0.5, 0.6) is 0 Å². The fraction of sp³-hybridized carbons (Fsp3) is 0.167. The molecule has 0 atom stereocenters. The van der Waals surface area contributed by atoms with Crippen molar-refractivity contribution in [1.29, 1.82) is 0 Å². The average molecular weight is 273 g/mol. The van der Waals surface area contributed by atoms with E-state index in [1.807, 2.05) is 0 Å². The van der Waals surface area contributed by atoms with E-state index in [1.165, 1.54) is 19.1 Å². The van der Waals surface area contributed by atoms with Gasteiger partial charge in [-0.05, 0) is 18.6 Å². The number of rotatable bonds is 3. The van der Waals surface area contributed by atoms with Crippen LogP contribution in [0.2, 0.25) is 5.02 Å². The van der Waals surface area contributed by atoms with Crippen LogP contribution in [0.1, 0.15) is 15.9 Å². The van der Waals surface area contributed by atoms with Gasteiger partial charge in [-0.1, -0.05) is 17.7 Å². The number of aryl methyl sites for hydroxylation is 1. The van der Waals surface area contributed by atoms with Crippen LogP contribution < -0.4 is 0 Å². The molecule has 96 valence electrons. The minimum Gasteiger partial charge on any atom is -0.502 e. The maximum absolute atomic E-state index is 13.7. The van der Waals surface area contributed by atoms with Gasteiger partial charge in [0.1, 0.15) is 5.82 Å². The van der Waals surface area contributed by atoms with Crippen molar-refractivity contribution in [3.8, 4) is 0 Å². The van der Waals surface area contributed by atoms with E-state index in [0.29, 0.717) is 6.08 Å². The van der Waals surface area contributed by atoms with E-state index in [2.05, 4.69) is 4.74 Å². The Balaban J connectivity index is 3.21. The Morgan fingerprint density at radius 2 is 2.06 bits per heavy atom. The van der Waals surface area contributed by atoms with Crippen LogP contribution in [-0.4, -0.2) is 24.0 Å². The summed E-state index contributed by atoms with van der Waals surface area (Å²) in [6, 6.07) is 2.77. The molecule has 0 spiro atoms. The van der Waals surface area contributed by atoms with Crippen molar-refractivity contribution in [1.82, 2.24) is 0 Å². The summed E-state index contributed by atoms with van der Waals surface area (Å²) in [5.41, 5.74) is -0.166. The molecule has 0 saturated carbocycles. The third-order valence-corrected chi connectivity index (χ3v) is 2.51. The lowest BCUT2D eigenvalue weighted by molar-refractivity contribution is -0.139. The second kappa shape index (κ2) is 5.64. The Labute approximate surface area is 108 Å². The van der Waals surface area contributed by atoms with E-state index in [-0.39, 0.29) is 10.6 Å². The number of hydrogen-bond acceptors (Lipinski definition) is 4. The molecule has 1 N–H and O–H groups in total. The second-order valence-electron chi connectivity index (χ2n) is 3.44. The zero-order valence-electron chi connectivity index (χ0n) is 9.66. The van der Waals surface area contributed by atoms with E-state index in [9.17, 15) is 19.1 Å². The second-order valence-corrected chi connectivity index (χ2v) is 3.85. The molecule has 0 heterocycles. The Bertz CT molecular complexity index is 537. The molecule has 0 unspecified atom stereocenters. The minimum absolute atomic E-state index is 0.1000. The predicted octanol–water partition coefficient (Wildman–Crippen LogP) is 2.59. The zero-order chi connectivity index (χ0) is 13.9. The number of ether oxygens (including phenoxy) is 1. The van der Waals surface area contributed by atoms with E-state index in [0.717, 1.165) is 7.11 Å². The lowest BCUT2D eigenvalue weighted by Crippen LogP contribution is -2.09. The van der Waals surface area contributed by atoms with Crippen molar-refractivity contribution in [3.05, 3.63) is 45.9 Å². The summed E-state index contributed by atoms with van der Waals surface area (Å²) >= 11 is 5.71. The number of carbonyl (C=O) groups excluding carboxylic acids is 2. The molecule has 1 aromatic carbocycles. The first-order valence-corrected chi connectivity index (χ1v) is 5.24. The number of halogens is 2. The first-order chi connectivity index (χ1) is 8.38. The topological polar surface area (TPSA) is 63.6 Å². The van der Waals surface area contributed by atoms with Crippen LogP contribution in [-0.2, 0) is 9.53 Å². The standard InChI is InChI=1S/C12H10ClFO4/c1-6-3-4-7(13)10(11(6)14)8(15)5-9(16)12(17)18-2/h3-5,16H,1-2H3/b9-5-. The highest BCUT2D eigenvalue weighted by molar-refractivity contribution is 6.34. The normalized spacial score (nSPS) is 11.2. The van der Waals surface area contributed by atoms with Crippen molar-refractivity contribution < 1.29 is 23.8 Å². The quantitative estimate of drug-likeness (QED) is 0.398. The summed E-state index contributed by atoms with van der Waals surface area (Å²) in [5.74, 6) is -3.71. The van der Waals surface area contributed by atoms with Crippen molar-refractivity contribution in [2.45, 2.75) is 6.92 Å². The summed E-state index contributed by atoms with van der Waals surface area (Å²) in [6.45, 7) is 1.46. The van der Waals surface area contributed by atoms with E-state index in [4.69, 9.17) is 11.6 Å². The smallest absolute Gasteiger partial charge is 0.373 e. The van der Waals surface area contributed by atoms with Gasteiger partial charge in [0, 0.05) is 6.08 Å². The average Bonchev–Trinajstić information content (AvgIpc) is 2.33. The van der Waals surface area contributed by atoms with Gasteiger partial charge in [-0.3, -0.25) is 4.79 Å². The SMILES string of the molecule is COC(=O)/C(O)=C/C(=O)c1c(Cl)ccc(C)c1F. The molecule has 0 fully saturated rings. The van der Waals surface area contributed by atoms with Crippen LogP contribution in [0, 0.1) is 12.7 Å². The van der Waals surface area contributed by atoms with E-state index >= 15 is 0 Å². The van der Waals surface area contributed by atoms with Gasteiger partial charge < -0.3 is 9.84 Å². The molecule has 1 rings (SSSR count). The summed E-state index contributed by atoms with van der Waals surface area (Å²) in [7, 11) is 1.04. The molecule has 0 aliphatic carbocycles. The fourth-order valence-electron chi connectivity index (χ4n) is 1.24. The van der Waals surface area contributed by atoms with Gasteiger partial charge in [0.15, 0.2) is 5.78 Å². The van der Waals surface area contributed by atoms with Gasteiger partial charge in [-0.2, -0.15) is 0 Å².